The van der Waals surface area contributed by atoms with Crippen LogP contribution in [-0.4, -0.2) is 28.6 Å². The molecule has 0 radical (unpaired) electrons. The van der Waals surface area contributed by atoms with E-state index >= 15 is 0 Å². The summed E-state index contributed by atoms with van der Waals surface area (Å²) in [5.41, 5.74) is 1.57. The van der Waals surface area contributed by atoms with Crippen molar-refractivity contribution >= 4 is 17.7 Å². The van der Waals surface area contributed by atoms with Crippen molar-refractivity contribution in [1.82, 2.24) is 10.5 Å². The van der Waals surface area contributed by atoms with Crippen molar-refractivity contribution < 1.29 is 9.32 Å². The molecule has 1 unspecified atom stereocenters. The van der Waals surface area contributed by atoms with E-state index < -0.39 is 0 Å². The normalized spacial score (nSPS) is 22.8. The highest BCUT2D eigenvalue weighted by Gasteiger charge is 2.24. The number of carbonyl (C=O) groups excluding carboxylic acids is 1. The van der Waals surface area contributed by atoms with Gasteiger partial charge >= 0.3 is 0 Å². The lowest BCUT2D eigenvalue weighted by Gasteiger charge is -2.21. The van der Waals surface area contributed by atoms with Crippen molar-refractivity contribution in [3.05, 3.63) is 17.0 Å². The minimum absolute atomic E-state index is 0.0573. The molecule has 3 rings (SSSR count). The fraction of sp³-hybridized carbons (Fsp3) is 0.714. The molecule has 104 valence electrons. The Morgan fingerprint density at radius 1 is 1.32 bits per heavy atom. The number of nitrogens with zero attached hydrogens (tertiary/aromatic N) is 1. The number of amides is 1. The lowest BCUT2D eigenvalue weighted by Crippen LogP contribution is -2.32. The summed E-state index contributed by atoms with van der Waals surface area (Å²) in [5, 5.41) is 7.56. The van der Waals surface area contributed by atoms with Gasteiger partial charge in [0.15, 0.2) is 5.69 Å². The van der Waals surface area contributed by atoms with Crippen molar-refractivity contribution in [2.24, 2.45) is 0 Å². The van der Waals surface area contributed by atoms with Gasteiger partial charge in [0.2, 0.25) is 0 Å². The van der Waals surface area contributed by atoms with Gasteiger partial charge in [-0.15, -0.1) is 0 Å². The molecule has 4 nitrogen and oxygen atoms in total. The van der Waals surface area contributed by atoms with Crippen LogP contribution in [0.1, 0.15) is 53.9 Å². The molecule has 1 N–H and O–H groups in total. The zero-order valence-electron chi connectivity index (χ0n) is 11.1. The molecular weight excluding hydrogens is 260 g/mol. The fourth-order valence-corrected chi connectivity index (χ4v) is 4.06. The van der Waals surface area contributed by atoms with Crippen molar-refractivity contribution in [3.63, 3.8) is 0 Å². The quantitative estimate of drug-likeness (QED) is 0.924. The highest BCUT2D eigenvalue weighted by molar-refractivity contribution is 7.99. The summed E-state index contributed by atoms with van der Waals surface area (Å²) >= 11 is 1.97. The first-order valence-corrected chi connectivity index (χ1v) is 8.26. The lowest BCUT2D eigenvalue weighted by molar-refractivity contribution is 0.0943. The van der Waals surface area contributed by atoms with Gasteiger partial charge in [-0.1, -0.05) is 11.6 Å². The highest BCUT2D eigenvalue weighted by Crippen LogP contribution is 2.26. The standard InChI is InChI=1S/C14H20N2O2S/c17-14(15-9-10-5-3-4-8-19-10)13-11-6-1-2-7-12(11)18-16-13/h10H,1-9H2,(H,15,17). The first kappa shape index (κ1) is 13.0. The van der Waals surface area contributed by atoms with Gasteiger partial charge < -0.3 is 9.84 Å². The second kappa shape index (κ2) is 5.99. The zero-order valence-corrected chi connectivity index (χ0v) is 11.9. The summed E-state index contributed by atoms with van der Waals surface area (Å²) in [6, 6.07) is 0. The van der Waals surface area contributed by atoms with Crippen molar-refractivity contribution in [2.45, 2.75) is 50.2 Å². The molecule has 0 aromatic carbocycles. The predicted octanol–water partition coefficient (Wildman–Crippen LogP) is 2.57. The number of nitrogens with one attached hydrogen (secondary N) is 1. The van der Waals surface area contributed by atoms with Gasteiger partial charge in [0.1, 0.15) is 5.76 Å². The Morgan fingerprint density at radius 3 is 3.05 bits per heavy atom. The van der Waals surface area contributed by atoms with E-state index in [1.807, 2.05) is 11.8 Å². The third-order valence-corrected chi connectivity index (χ3v) is 5.33. The largest absolute Gasteiger partial charge is 0.360 e. The number of aryl methyl sites for hydroxylation is 1. The molecule has 1 amide bonds. The van der Waals surface area contributed by atoms with Crippen LogP contribution in [0.4, 0.5) is 0 Å². The Balaban J connectivity index is 1.59. The van der Waals surface area contributed by atoms with E-state index in [2.05, 4.69) is 10.5 Å². The molecule has 0 spiro atoms. The first-order chi connectivity index (χ1) is 9.34. The van der Waals surface area contributed by atoms with Gasteiger partial charge in [0.05, 0.1) is 0 Å². The molecule has 1 aliphatic heterocycles. The Bertz CT molecular complexity index is 452. The number of rotatable bonds is 3. The maximum Gasteiger partial charge on any atom is 0.273 e. The molecule has 0 saturated carbocycles. The topological polar surface area (TPSA) is 55.1 Å². The molecule has 0 bridgehead atoms. The molecule has 1 saturated heterocycles. The van der Waals surface area contributed by atoms with E-state index in [1.54, 1.807) is 0 Å². The summed E-state index contributed by atoms with van der Waals surface area (Å²) in [7, 11) is 0. The van der Waals surface area contributed by atoms with Crippen LogP contribution in [0, 0.1) is 0 Å². The summed E-state index contributed by atoms with van der Waals surface area (Å²) in [6.45, 7) is 0.755. The second-order valence-corrected chi connectivity index (χ2v) is 6.75. The number of fused-ring (bicyclic) bond motifs is 1. The Morgan fingerprint density at radius 2 is 2.21 bits per heavy atom. The predicted molar refractivity (Wildman–Crippen MR) is 75.6 cm³/mol. The lowest BCUT2D eigenvalue weighted by atomic mass is 9.96. The average Bonchev–Trinajstić information content (AvgIpc) is 2.90. The smallest absolute Gasteiger partial charge is 0.273 e. The third kappa shape index (κ3) is 2.96. The number of hydrogen-bond donors (Lipinski definition) is 1. The number of hydrogen-bond acceptors (Lipinski definition) is 4. The van der Waals surface area contributed by atoms with Gasteiger partial charge in [-0.3, -0.25) is 4.79 Å². The minimum Gasteiger partial charge on any atom is -0.360 e. The van der Waals surface area contributed by atoms with Gasteiger partial charge in [-0.05, 0) is 37.9 Å². The third-order valence-electron chi connectivity index (χ3n) is 3.93. The second-order valence-electron chi connectivity index (χ2n) is 5.34. The fourth-order valence-electron chi connectivity index (χ4n) is 2.82. The Kier molecular flexibility index (Phi) is 4.11. The summed E-state index contributed by atoms with van der Waals surface area (Å²) in [5.74, 6) is 2.08. The summed E-state index contributed by atoms with van der Waals surface area (Å²) in [4.78, 5) is 12.2. The molecular formula is C14H20N2O2S. The molecule has 1 aromatic rings. The van der Waals surface area contributed by atoms with Crippen molar-refractivity contribution in [3.8, 4) is 0 Å². The van der Waals surface area contributed by atoms with Crippen LogP contribution in [0.2, 0.25) is 0 Å². The van der Waals surface area contributed by atoms with Crippen LogP contribution in [0.3, 0.4) is 0 Å². The average molecular weight is 280 g/mol. The molecule has 5 heteroatoms. The van der Waals surface area contributed by atoms with E-state index in [0.717, 1.165) is 43.6 Å². The number of aromatic nitrogens is 1. The van der Waals surface area contributed by atoms with E-state index in [1.165, 1.54) is 25.0 Å². The molecule has 1 aromatic heterocycles. The summed E-state index contributed by atoms with van der Waals surface area (Å²) in [6.07, 6.45) is 7.93. The monoisotopic (exact) mass is 280 g/mol. The highest BCUT2D eigenvalue weighted by atomic mass is 32.2. The molecule has 1 atom stereocenters. The zero-order chi connectivity index (χ0) is 13.1. The van der Waals surface area contributed by atoms with Crippen LogP contribution >= 0.6 is 11.8 Å². The first-order valence-electron chi connectivity index (χ1n) is 7.22. The molecule has 1 aliphatic carbocycles. The molecule has 2 aliphatic rings. The van der Waals surface area contributed by atoms with E-state index in [9.17, 15) is 4.79 Å². The Hall–Kier alpha value is -0.970. The SMILES string of the molecule is O=C(NCC1CCCCS1)c1noc2c1CCCC2. The minimum atomic E-state index is -0.0573. The van der Waals surface area contributed by atoms with Crippen LogP contribution in [-0.2, 0) is 12.8 Å². The van der Waals surface area contributed by atoms with Crippen LogP contribution < -0.4 is 5.32 Å². The van der Waals surface area contributed by atoms with Gasteiger partial charge in [0, 0.05) is 23.8 Å². The van der Waals surface area contributed by atoms with Crippen LogP contribution in [0.5, 0.6) is 0 Å². The van der Waals surface area contributed by atoms with E-state index in [4.69, 9.17) is 4.52 Å². The van der Waals surface area contributed by atoms with Gasteiger partial charge in [0.25, 0.3) is 5.91 Å². The van der Waals surface area contributed by atoms with Gasteiger partial charge in [-0.25, -0.2) is 0 Å². The molecule has 19 heavy (non-hydrogen) atoms. The maximum absolute atomic E-state index is 12.2. The summed E-state index contributed by atoms with van der Waals surface area (Å²) < 4.78 is 5.28. The van der Waals surface area contributed by atoms with E-state index in [0.29, 0.717) is 10.9 Å². The van der Waals surface area contributed by atoms with Crippen molar-refractivity contribution in [1.29, 1.82) is 0 Å². The number of carbonyl (C=O) groups is 1. The Labute approximate surface area is 117 Å². The van der Waals surface area contributed by atoms with Crippen LogP contribution in [0.15, 0.2) is 4.52 Å². The van der Waals surface area contributed by atoms with E-state index in [-0.39, 0.29) is 5.91 Å². The van der Waals surface area contributed by atoms with Gasteiger partial charge in [-0.2, -0.15) is 11.8 Å². The molecule has 2 heterocycles. The van der Waals surface area contributed by atoms with Crippen LogP contribution in [0.25, 0.3) is 0 Å². The maximum atomic E-state index is 12.2. The van der Waals surface area contributed by atoms with Crippen molar-refractivity contribution in [2.75, 3.05) is 12.3 Å². The molecule has 1 fully saturated rings. The number of thioether (sulfide) groups is 1.